The van der Waals surface area contributed by atoms with Crippen LogP contribution in [-0.2, 0) is 0 Å². The van der Waals surface area contributed by atoms with E-state index in [0.29, 0.717) is 22.0 Å². The Balaban J connectivity index is 2.46. The van der Waals surface area contributed by atoms with Gasteiger partial charge in [0.05, 0.1) is 5.02 Å². The molecule has 1 aromatic carbocycles. The summed E-state index contributed by atoms with van der Waals surface area (Å²) in [5.41, 5.74) is 0.530. The van der Waals surface area contributed by atoms with Crippen LogP contribution in [0.2, 0.25) is 10.0 Å². The van der Waals surface area contributed by atoms with Gasteiger partial charge in [0.1, 0.15) is 0 Å². The Hall–Kier alpha value is -0.790. The molecule has 0 heterocycles. The van der Waals surface area contributed by atoms with Crippen LogP contribution in [0, 0.1) is 0 Å². The van der Waals surface area contributed by atoms with E-state index in [9.17, 15) is 4.79 Å². The summed E-state index contributed by atoms with van der Waals surface area (Å²) in [6, 6.07) is 4.98. The maximum Gasteiger partial charge on any atom is 0.164 e. The van der Waals surface area contributed by atoms with Gasteiger partial charge in [0.25, 0.3) is 0 Å². The molecule has 0 saturated heterocycles. The quantitative estimate of drug-likeness (QED) is 0.373. The van der Waals surface area contributed by atoms with Crippen LogP contribution in [0.25, 0.3) is 0 Å². The number of carbonyl (C=O) groups is 1. The molecule has 1 aromatic rings. The van der Waals surface area contributed by atoms with Gasteiger partial charge in [-0.25, -0.2) is 0 Å². The van der Waals surface area contributed by atoms with Crippen LogP contribution in [0.15, 0.2) is 30.9 Å². The molecule has 1 rings (SSSR count). The van der Waals surface area contributed by atoms with Gasteiger partial charge < -0.3 is 0 Å². The van der Waals surface area contributed by atoms with Crippen molar-refractivity contribution >= 4 is 29.0 Å². The van der Waals surface area contributed by atoms with E-state index in [4.69, 9.17) is 23.2 Å². The Labute approximate surface area is 112 Å². The highest BCUT2D eigenvalue weighted by atomic mass is 35.5. The first-order chi connectivity index (χ1) is 8.15. The van der Waals surface area contributed by atoms with Crippen molar-refractivity contribution in [1.29, 1.82) is 0 Å². The topological polar surface area (TPSA) is 17.1 Å². The Bertz CT molecular complexity index is 399. The van der Waals surface area contributed by atoms with Crippen molar-refractivity contribution < 1.29 is 4.79 Å². The predicted octanol–water partition coefficient (Wildman–Crippen LogP) is 5.31. The summed E-state index contributed by atoms with van der Waals surface area (Å²) in [7, 11) is 0. The number of benzene rings is 1. The molecule has 0 aliphatic carbocycles. The first-order valence-electron chi connectivity index (χ1n) is 5.74. The summed E-state index contributed by atoms with van der Waals surface area (Å²) in [5.74, 6) is 0.0658. The Morgan fingerprint density at radius 1 is 1.24 bits per heavy atom. The van der Waals surface area contributed by atoms with Crippen molar-refractivity contribution in [1.82, 2.24) is 0 Å². The maximum absolute atomic E-state index is 11.9. The minimum Gasteiger partial charge on any atom is -0.294 e. The van der Waals surface area contributed by atoms with E-state index in [1.54, 1.807) is 18.2 Å². The molecular weight excluding hydrogens is 255 g/mol. The molecule has 0 aliphatic rings. The molecule has 0 aliphatic heterocycles. The molecule has 0 spiro atoms. The largest absolute Gasteiger partial charge is 0.294 e. The molecule has 0 unspecified atom stereocenters. The lowest BCUT2D eigenvalue weighted by Gasteiger charge is -2.04. The smallest absolute Gasteiger partial charge is 0.164 e. The number of Topliss-reactive ketones (excluding diaryl/α,β-unsaturated/α-hetero) is 1. The van der Waals surface area contributed by atoms with Gasteiger partial charge in [-0.05, 0) is 37.5 Å². The number of rotatable bonds is 7. The number of halogens is 2. The highest BCUT2D eigenvalue weighted by molar-refractivity contribution is 6.35. The molecule has 0 bridgehead atoms. The van der Waals surface area contributed by atoms with E-state index in [1.807, 2.05) is 6.08 Å². The van der Waals surface area contributed by atoms with Gasteiger partial charge in [-0.2, -0.15) is 0 Å². The van der Waals surface area contributed by atoms with Crippen molar-refractivity contribution in [3.05, 3.63) is 46.5 Å². The number of carbonyl (C=O) groups excluding carboxylic acids is 1. The summed E-state index contributed by atoms with van der Waals surface area (Å²) in [4.78, 5) is 11.9. The van der Waals surface area contributed by atoms with E-state index < -0.39 is 0 Å². The van der Waals surface area contributed by atoms with Gasteiger partial charge in [-0.3, -0.25) is 4.79 Å². The summed E-state index contributed by atoms with van der Waals surface area (Å²) in [6.07, 6.45) is 6.44. The Morgan fingerprint density at radius 3 is 2.71 bits per heavy atom. The second-order valence-corrected chi connectivity index (χ2v) is 4.78. The minimum absolute atomic E-state index is 0.0658. The van der Waals surface area contributed by atoms with Gasteiger partial charge in [0.2, 0.25) is 0 Å². The highest BCUT2D eigenvalue weighted by Crippen LogP contribution is 2.22. The summed E-state index contributed by atoms with van der Waals surface area (Å²) in [5, 5.41) is 1.02. The summed E-state index contributed by atoms with van der Waals surface area (Å²) >= 11 is 11.8. The van der Waals surface area contributed by atoms with Crippen LogP contribution < -0.4 is 0 Å². The van der Waals surface area contributed by atoms with E-state index in [2.05, 4.69) is 6.58 Å². The zero-order valence-electron chi connectivity index (χ0n) is 9.72. The van der Waals surface area contributed by atoms with E-state index >= 15 is 0 Å². The molecule has 0 saturated carbocycles. The van der Waals surface area contributed by atoms with Gasteiger partial charge in [-0.15, -0.1) is 6.58 Å². The third-order valence-electron chi connectivity index (χ3n) is 2.54. The molecule has 0 fully saturated rings. The van der Waals surface area contributed by atoms with Crippen molar-refractivity contribution in [3.63, 3.8) is 0 Å². The predicted molar refractivity (Wildman–Crippen MR) is 74.1 cm³/mol. The molecule has 0 atom stereocenters. The molecule has 0 aromatic heterocycles. The normalized spacial score (nSPS) is 10.2. The molecule has 1 nitrogen and oxygen atoms in total. The van der Waals surface area contributed by atoms with E-state index in [0.717, 1.165) is 25.7 Å². The fourth-order valence-corrected chi connectivity index (χ4v) is 1.99. The summed E-state index contributed by atoms with van der Waals surface area (Å²) in [6.45, 7) is 3.66. The zero-order chi connectivity index (χ0) is 12.7. The number of hydrogen-bond donors (Lipinski definition) is 0. The number of hydrogen-bond acceptors (Lipinski definition) is 1. The third kappa shape index (κ3) is 4.93. The third-order valence-corrected chi connectivity index (χ3v) is 3.11. The molecular formula is C14H16Cl2O. The molecule has 3 heteroatoms. The Morgan fingerprint density at radius 2 is 2.00 bits per heavy atom. The molecule has 0 N–H and O–H groups in total. The highest BCUT2D eigenvalue weighted by Gasteiger charge is 2.10. The number of allylic oxidation sites excluding steroid dienone is 1. The van der Waals surface area contributed by atoms with Crippen LogP contribution in [0.4, 0.5) is 0 Å². The van der Waals surface area contributed by atoms with Gasteiger partial charge >= 0.3 is 0 Å². The van der Waals surface area contributed by atoms with Gasteiger partial charge in [0.15, 0.2) is 5.78 Å². The lowest BCUT2D eigenvalue weighted by molar-refractivity contribution is 0.0979. The monoisotopic (exact) mass is 270 g/mol. The van der Waals surface area contributed by atoms with E-state index in [1.165, 1.54) is 0 Å². The van der Waals surface area contributed by atoms with Crippen molar-refractivity contribution in [3.8, 4) is 0 Å². The fraction of sp³-hybridized carbons (Fsp3) is 0.357. The van der Waals surface area contributed by atoms with Crippen LogP contribution in [0.3, 0.4) is 0 Å². The van der Waals surface area contributed by atoms with Crippen LogP contribution >= 0.6 is 23.2 Å². The van der Waals surface area contributed by atoms with Crippen molar-refractivity contribution in [2.45, 2.75) is 32.1 Å². The Kier molecular flexibility index (Phi) is 6.31. The second kappa shape index (κ2) is 7.52. The SMILES string of the molecule is C=CCCCCCC(=O)c1cc(Cl)ccc1Cl. The summed E-state index contributed by atoms with van der Waals surface area (Å²) < 4.78 is 0. The molecule has 17 heavy (non-hydrogen) atoms. The molecule has 92 valence electrons. The second-order valence-electron chi connectivity index (χ2n) is 3.94. The van der Waals surface area contributed by atoms with Gasteiger partial charge in [-0.1, -0.05) is 35.7 Å². The van der Waals surface area contributed by atoms with Crippen LogP contribution in [0.5, 0.6) is 0 Å². The average Bonchev–Trinajstić information content (AvgIpc) is 2.32. The van der Waals surface area contributed by atoms with Crippen LogP contribution in [-0.4, -0.2) is 5.78 Å². The van der Waals surface area contributed by atoms with Crippen LogP contribution in [0.1, 0.15) is 42.5 Å². The first-order valence-corrected chi connectivity index (χ1v) is 6.50. The lowest BCUT2D eigenvalue weighted by Crippen LogP contribution is -2.00. The fourth-order valence-electron chi connectivity index (χ4n) is 1.60. The maximum atomic E-state index is 11.9. The lowest BCUT2D eigenvalue weighted by atomic mass is 10.0. The standard InChI is InChI=1S/C14H16Cl2O/c1-2-3-4-5-6-7-14(17)12-10-11(15)8-9-13(12)16/h2,8-10H,1,3-7H2. The van der Waals surface area contributed by atoms with Crippen molar-refractivity contribution in [2.75, 3.05) is 0 Å². The minimum atomic E-state index is 0.0658. The number of unbranched alkanes of at least 4 members (excludes halogenated alkanes) is 3. The molecule has 0 amide bonds. The average molecular weight is 271 g/mol. The molecule has 0 radical (unpaired) electrons. The zero-order valence-corrected chi connectivity index (χ0v) is 11.2. The van der Waals surface area contributed by atoms with Crippen molar-refractivity contribution in [2.24, 2.45) is 0 Å². The number of ketones is 1. The first kappa shape index (κ1) is 14.3. The van der Waals surface area contributed by atoms with E-state index in [-0.39, 0.29) is 5.78 Å². The van der Waals surface area contributed by atoms with Gasteiger partial charge in [0, 0.05) is 17.0 Å².